The lowest BCUT2D eigenvalue weighted by atomic mass is 10.1. The first-order chi connectivity index (χ1) is 11.4. The van der Waals surface area contributed by atoms with Crippen LogP contribution in [0, 0.1) is 0 Å². The molecule has 2 aromatic heterocycles. The number of pyridine rings is 1. The molecule has 0 N–H and O–H groups in total. The van der Waals surface area contributed by atoms with Gasteiger partial charge in [-0.1, -0.05) is 54.6 Å². The van der Waals surface area contributed by atoms with Crippen LogP contribution < -0.4 is 0 Å². The maximum atomic E-state index is 4.58. The molecule has 23 heavy (non-hydrogen) atoms. The zero-order chi connectivity index (χ0) is 15.5. The summed E-state index contributed by atoms with van der Waals surface area (Å²) in [7, 11) is 0. The Kier molecular flexibility index (Phi) is 3.75. The summed E-state index contributed by atoms with van der Waals surface area (Å²) in [6, 6.07) is 29.1. The van der Waals surface area contributed by atoms with Crippen LogP contribution >= 0.6 is 11.3 Å². The van der Waals surface area contributed by atoms with E-state index in [9.17, 15) is 0 Å². The van der Waals surface area contributed by atoms with Crippen molar-refractivity contribution in [2.75, 3.05) is 0 Å². The van der Waals surface area contributed by atoms with Gasteiger partial charge in [0.1, 0.15) is 0 Å². The molecule has 0 amide bonds. The van der Waals surface area contributed by atoms with E-state index in [-0.39, 0.29) is 0 Å². The van der Waals surface area contributed by atoms with Gasteiger partial charge in [-0.2, -0.15) is 0 Å². The Hall–Kier alpha value is -2.71. The van der Waals surface area contributed by atoms with Gasteiger partial charge < -0.3 is 0 Å². The minimum atomic E-state index is 1.06. The van der Waals surface area contributed by atoms with Crippen molar-refractivity contribution in [1.29, 1.82) is 0 Å². The summed E-state index contributed by atoms with van der Waals surface area (Å²) < 4.78 is 1.37. The Balaban J connectivity index is 0.000000130. The van der Waals surface area contributed by atoms with Crippen molar-refractivity contribution in [3.8, 4) is 0 Å². The lowest BCUT2D eigenvalue weighted by Gasteiger charge is -1.99. The second kappa shape index (κ2) is 6.19. The van der Waals surface area contributed by atoms with Crippen molar-refractivity contribution >= 4 is 43.2 Å². The zero-order valence-corrected chi connectivity index (χ0v) is 13.3. The fourth-order valence-corrected chi connectivity index (χ4v) is 3.42. The number of rotatable bonds is 0. The molecule has 2 heteroatoms. The van der Waals surface area contributed by atoms with Crippen molar-refractivity contribution in [3.63, 3.8) is 0 Å². The molecule has 0 atom stereocenters. The van der Waals surface area contributed by atoms with Gasteiger partial charge in [0, 0.05) is 15.5 Å². The highest BCUT2D eigenvalue weighted by Crippen LogP contribution is 2.19. The van der Waals surface area contributed by atoms with E-state index in [1.165, 1.54) is 20.9 Å². The first-order valence-corrected chi connectivity index (χ1v) is 8.45. The predicted molar refractivity (Wildman–Crippen MR) is 101 cm³/mol. The van der Waals surface area contributed by atoms with Gasteiger partial charge >= 0.3 is 0 Å². The number of hydrogen-bond donors (Lipinski definition) is 0. The van der Waals surface area contributed by atoms with Crippen molar-refractivity contribution in [2.24, 2.45) is 0 Å². The Bertz CT molecular complexity index is 943. The van der Waals surface area contributed by atoms with Crippen LogP contribution in [0.3, 0.4) is 0 Å². The molecule has 0 aliphatic carbocycles. The largest absolute Gasteiger partial charge is 0.248 e. The molecule has 0 spiro atoms. The van der Waals surface area contributed by atoms with E-state index in [4.69, 9.17) is 0 Å². The molecule has 0 saturated heterocycles. The number of para-hydroxylation sites is 2. The van der Waals surface area contributed by atoms with Crippen molar-refractivity contribution < 1.29 is 0 Å². The smallest absolute Gasteiger partial charge is 0.0709 e. The van der Waals surface area contributed by atoms with Crippen LogP contribution in [0.2, 0.25) is 0 Å². The topological polar surface area (TPSA) is 12.9 Å². The van der Waals surface area contributed by atoms with Gasteiger partial charge in [-0.05, 0) is 41.1 Å². The van der Waals surface area contributed by atoms with Gasteiger partial charge in [-0.15, -0.1) is 11.3 Å². The number of fused-ring (bicyclic) bond motifs is 3. The van der Waals surface area contributed by atoms with E-state index in [0.29, 0.717) is 0 Å². The van der Waals surface area contributed by atoms with Gasteiger partial charge in [-0.25, -0.2) is 4.98 Å². The molecule has 0 saturated carbocycles. The van der Waals surface area contributed by atoms with E-state index in [1.54, 1.807) is 11.3 Å². The Morgan fingerprint density at radius 1 is 0.565 bits per heavy atom. The fourth-order valence-electron chi connectivity index (χ4n) is 2.63. The SMILES string of the molecule is c1ccc2nc3ccccc3cc2c1.c1ccc2sccc2c1. The van der Waals surface area contributed by atoms with Crippen LogP contribution in [0.5, 0.6) is 0 Å². The van der Waals surface area contributed by atoms with Gasteiger partial charge in [-0.3, -0.25) is 0 Å². The minimum Gasteiger partial charge on any atom is -0.248 e. The average molecular weight is 313 g/mol. The lowest BCUT2D eigenvalue weighted by Crippen LogP contribution is -1.80. The summed E-state index contributed by atoms with van der Waals surface area (Å²) in [5.74, 6) is 0. The zero-order valence-electron chi connectivity index (χ0n) is 12.5. The van der Waals surface area contributed by atoms with Crippen LogP contribution in [-0.4, -0.2) is 4.98 Å². The average Bonchev–Trinajstić information content (AvgIpc) is 3.09. The number of nitrogens with zero attached hydrogens (tertiary/aromatic N) is 1. The van der Waals surface area contributed by atoms with E-state index in [1.807, 2.05) is 36.4 Å². The predicted octanol–water partition coefficient (Wildman–Crippen LogP) is 6.29. The van der Waals surface area contributed by atoms with Crippen LogP contribution in [0.25, 0.3) is 31.9 Å². The standard InChI is InChI=1S/C13H9N.C8H6S/c1-3-7-12-10(5-1)9-11-6-2-4-8-13(11)14-12;1-2-4-8-7(3-1)5-6-9-8/h1-9H;1-6H. The van der Waals surface area contributed by atoms with Crippen molar-refractivity contribution in [3.05, 3.63) is 90.3 Å². The third-order valence-corrected chi connectivity index (χ3v) is 4.68. The molecule has 0 radical (unpaired) electrons. The molecule has 3 aromatic carbocycles. The Labute approximate surface area is 138 Å². The second-order valence-electron chi connectivity index (χ2n) is 5.33. The molecule has 0 aliphatic rings. The maximum Gasteiger partial charge on any atom is 0.0709 e. The van der Waals surface area contributed by atoms with E-state index in [0.717, 1.165) is 11.0 Å². The summed E-state index contributed by atoms with van der Waals surface area (Å²) in [5, 5.41) is 5.87. The van der Waals surface area contributed by atoms with Gasteiger partial charge in [0.05, 0.1) is 11.0 Å². The maximum absolute atomic E-state index is 4.58. The lowest BCUT2D eigenvalue weighted by molar-refractivity contribution is 1.50. The normalized spacial score (nSPS) is 10.6. The summed E-state index contributed by atoms with van der Waals surface area (Å²) in [5.41, 5.74) is 2.12. The highest BCUT2D eigenvalue weighted by Gasteiger charge is 1.96. The number of aromatic nitrogens is 1. The first kappa shape index (κ1) is 13.9. The van der Waals surface area contributed by atoms with Crippen molar-refractivity contribution in [2.45, 2.75) is 0 Å². The molecule has 2 heterocycles. The first-order valence-electron chi connectivity index (χ1n) is 7.57. The fraction of sp³-hybridized carbons (Fsp3) is 0. The van der Waals surface area contributed by atoms with E-state index in [2.05, 4.69) is 58.9 Å². The van der Waals surface area contributed by atoms with Crippen LogP contribution in [-0.2, 0) is 0 Å². The molecular formula is C21H15NS. The van der Waals surface area contributed by atoms with Crippen LogP contribution in [0.15, 0.2) is 90.3 Å². The van der Waals surface area contributed by atoms with E-state index >= 15 is 0 Å². The molecule has 5 rings (SSSR count). The summed E-state index contributed by atoms with van der Waals surface area (Å²) in [6.07, 6.45) is 0. The van der Waals surface area contributed by atoms with Crippen LogP contribution in [0.4, 0.5) is 0 Å². The van der Waals surface area contributed by atoms with Crippen molar-refractivity contribution in [1.82, 2.24) is 4.98 Å². The summed E-state index contributed by atoms with van der Waals surface area (Å²) in [4.78, 5) is 4.58. The second-order valence-corrected chi connectivity index (χ2v) is 6.28. The van der Waals surface area contributed by atoms with Gasteiger partial charge in [0.2, 0.25) is 0 Å². The molecule has 0 unspecified atom stereocenters. The number of thiophene rings is 1. The summed E-state index contributed by atoms with van der Waals surface area (Å²) in [6.45, 7) is 0. The molecule has 0 fully saturated rings. The van der Waals surface area contributed by atoms with Crippen LogP contribution in [0.1, 0.15) is 0 Å². The Morgan fingerprint density at radius 2 is 1.13 bits per heavy atom. The van der Waals surface area contributed by atoms with E-state index < -0.39 is 0 Å². The molecule has 110 valence electrons. The molecule has 0 bridgehead atoms. The van der Waals surface area contributed by atoms with Gasteiger partial charge in [0.15, 0.2) is 0 Å². The molecule has 1 nitrogen and oxygen atoms in total. The quantitative estimate of drug-likeness (QED) is 0.306. The Morgan fingerprint density at radius 3 is 1.78 bits per heavy atom. The molecule has 0 aliphatic heterocycles. The van der Waals surface area contributed by atoms with Gasteiger partial charge in [0.25, 0.3) is 0 Å². The minimum absolute atomic E-state index is 1.06. The number of benzene rings is 3. The highest BCUT2D eigenvalue weighted by molar-refractivity contribution is 7.17. The summed E-state index contributed by atoms with van der Waals surface area (Å²) >= 11 is 1.79. The molecular weight excluding hydrogens is 298 g/mol. The molecule has 5 aromatic rings. The third-order valence-electron chi connectivity index (χ3n) is 3.79. The number of hydrogen-bond acceptors (Lipinski definition) is 2. The monoisotopic (exact) mass is 313 g/mol. The highest BCUT2D eigenvalue weighted by atomic mass is 32.1. The third kappa shape index (κ3) is 2.94.